The van der Waals surface area contributed by atoms with Crippen molar-refractivity contribution in [3.8, 4) is 0 Å². The summed E-state index contributed by atoms with van der Waals surface area (Å²) in [5, 5.41) is 0. The largest absolute Gasteiger partial charge is 0.327 e. The van der Waals surface area contributed by atoms with Crippen LogP contribution >= 0.6 is 0 Å². The van der Waals surface area contributed by atoms with E-state index in [4.69, 9.17) is 0 Å². The molecule has 16 heavy (non-hydrogen) atoms. The van der Waals surface area contributed by atoms with Gasteiger partial charge in [-0.25, -0.2) is 4.98 Å². The lowest BCUT2D eigenvalue weighted by molar-refractivity contribution is 0.0966. The monoisotopic (exact) mass is 215 g/mol. The van der Waals surface area contributed by atoms with Gasteiger partial charge >= 0.3 is 0 Å². The number of imidazole rings is 1. The Kier molecular flexibility index (Phi) is 2.81. The van der Waals surface area contributed by atoms with E-state index in [1.54, 1.807) is 24.7 Å². The molecule has 0 aromatic carbocycles. The maximum absolute atomic E-state index is 11.9. The molecule has 0 atom stereocenters. The quantitative estimate of drug-likeness (QED) is 0.733. The van der Waals surface area contributed by atoms with Crippen LogP contribution in [-0.2, 0) is 6.54 Å². The number of aromatic nitrogens is 3. The van der Waals surface area contributed by atoms with Crippen molar-refractivity contribution in [1.29, 1.82) is 0 Å². The molecule has 0 unspecified atom stereocenters. The topological polar surface area (TPSA) is 47.8 Å². The molecule has 0 bridgehead atoms. The average molecular weight is 215 g/mol. The van der Waals surface area contributed by atoms with E-state index < -0.39 is 0 Å². The Morgan fingerprint density at radius 3 is 2.69 bits per heavy atom. The first-order valence-corrected chi connectivity index (χ1v) is 5.11. The fraction of sp³-hybridized carbons (Fsp3) is 0.250. The van der Waals surface area contributed by atoms with Crippen LogP contribution in [0.2, 0.25) is 0 Å². The smallest absolute Gasteiger partial charge is 0.200 e. The van der Waals surface area contributed by atoms with Crippen molar-refractivity contribution in [2.75, 3.05) is 0 Å². The number of carbonyl (C=O) groups excluding carboxylic acids is 1. The Hall–Kier alpha value is -1.97. The van der Waals surface area contributed by atoms with E-state index in [1.165, 1.54) is 0 Å². The molecule has 2 heterocycles. The maximum atomic E-state index is 11.9. The Morgan fingerprint density at radius 1 is 1.31 bits per heavy atom. The Balaban J connectivity index is 2.17. The van der Waals surface area contributed by atoms with Gasteiger partial charge in [-0.05, 0) is 26.0 Å². The number of carbonyl (C=O) groups is 1. The SMILES string of the molecule is Cc1ncn(CC(=O)c2ccccn2)c1C. The van der Waals surface area contributed by atoms with Crippen LogP contribution in [0.15, 0.2) is 30.7 Å². The number of nitrogens with zero attached hydrogens (tertiary/aromatic N) is 3. The lowest BCUT2D eigenvalue weighted by Gasteiger charge is -2.03. The number of pyridine rings is 1. The summed E-state index contributed by atoms with van der Waals surface area (Å²) in [5.74, 6) is 0.00102. The molecular weight excluding hydrogens is 202 g/mol. The van der Waals surface area contributed by atoms with Gasteiger partial charge in [-0.3, -0.25) is 9.78 Å². The molecular formula is C12H13N3O. The van der Waals surface area contributed by atoms with E-state index in [0.29, 0.717) is 12.2 Å². The highest BCUT2D eigenvalue weighted by atomic mass is 16.1. The van der Waals surface area contributed by atoms with E-state index in [-0.39, 0.29) is 5.78 Å². The van der Waals surface area contributed by atoms with Crippen molar-refractivity contribution in [3.63, 3.8) is 0 Å². The van der Waals surface area contributed by atoms with Crippen molar-refractivity contribution < 1.29 is 4.79 Å². The minimum atomic E-state index is 0.00102. The van der Waals surface area contributed by atoms with E-state index in [9.17, 15) is 4.79 Å². The third kappa shape index (κ3) is 2.00. The summed E-state index contributed by atoms with van der Waals surface area (Å²) in [5.41, 5.74) is 2.46. The molecule has 0 saturated heterocycles. The molecule has 4 nitrogen and oxygen atoms in total. The second kappa shape index (κ2) is 4.26. The normalized spacial score (nSPS) is 10.4. The Morgan fingerprint density at radius 2 is 2.12 bits per heavy atom. The minimum absolute atomic E-state index is 0.00102. The van der Waals surface area contributed by atoms with Gasteiger partial charge in [0.15, 0.2) is 0 Å². The molecule has 82 valence electrons. The lowest BCUT2D eigenvalue weighted by Crippen LogP contribution is -2.12. The molecule has 0 spiro atoms. The molecule has 0 aliphatic heterocycles. The predicted octanol–water partition coefficient (Wildman–Crippen LogP) is 1.78. The third-order valence-corrected chi connectivity index (χ3v) is 2.61. The van der Waals surface area contributed by atoms with Gasteiger partial charge in [0, 0.05) is 11.9 Å². The molecule has 0 radical (unpaired) electrons. The van der Waals surface area contributed by atoms with Crippen molar-refractivity contribution in [1.82, 2.24) is 14.5 Å². The van der Waals surface area contributed by atoms with Crippen LogP contribution in [0.25, 0.3) is 0 Å². The number of Topliss-reactive ketones (excluding diaryl/α,β-unsaturated/α-hetero) is 1. The summed E-state index contributed by atoms with van der Waals surface area (Å²) in [7, 11) is 0. The first-order valence-electron chi connectivity index (χ1n) is 5.11. The Labute approximate surface area is 94.0 Å². The zero-order valence-corrected chi connectivity index (χ0v) is 9.34. The number of ketones is 1. The molecule has 2 aromatic heterocycles. The first-order chi connectivity index (χ1) is 7.68. The zero-order chi connectivity index (χ0) is 11.5. The molecule has 0 amide bonds. The van der Waals surface area contributed by atoms with Crippen molar-refractivity contribution in [2.24, 2.45) is 0 Å². The van der Waals surface area contributed by atoms with Gasteiger partial charge < -0.3 is 4.57 Å². The van der Waals surface area contributed by atoms with Crippen LogP contribution in [-0.4, -0.2) is 20.3 Å². The second-order valence-corrected chi connectivity index (χ2v) is 3.68. The van der Waals surface area contributed by atoms with Gasteiger partial charge in [0.2, 0.25) is 5.78 Å². The molecule has 0 aliphatic rings. The second-order valence-electron chi connectivity index (χ2n) is 3.68. The standard InChI is InChI=1S/C12H13N3O/c1-9-10(2)15(8-14-9)7-12(16)11-5-3-4-6-13-11/h3-6,8H,7H2,1-2H3. The van der Waals surface area contributed by atoms with E-state index in [2.05, 4.69) is 9.97 Å². The van der Waals surface area contributed by atoms with Crippen LogP contribution in [0.4, 0.5) is 0 Å². The van der Waals surface area contributed by atoms with E-state index >= 15 is 0 Å². The summed E-state index contributed by atoms with van der Waals surface area (Å²) in [4.78, 5) is 20.0. The Bertz CT molecular complexity index is 502. The van der Waals surface area contributed by atoms with Gasteiger partial charge in [0.05, 0.1) is 18.6 Å². The van der Waals surface area contributed by atoms with Crippen molar-refractivity contribution in [2.45, 2.75) is 20.4 Å². The summed E-state index contributed by atoms with van der Waals surface area (Å²) in [6, 6.07) is 5.33. The van der Waals surface area contributed by atoms with E-state index in [0.717, 1.165) is 11.4 Å². The molecule has 4 heteroatoms. The summed E-state index contributed by atoms with van der Waals surface area (Å²) < 4.78 is 1.84. The van der Waals surface area contributed by atoms with Crippen molar-refractivity contribution in [3.05, 3.63) is 47.8 Å². The summed E-state index contributed by atoms with van der Waals surface area (Å²) in [6.07, 6.45) is 3.31. The van der Waals surface area contributed by atoms with Crippen LogP contribution < -0.4 is 0 Å². The highest BCUT2D eigenvalue weighted by molar-refractivity contribution is 5.93. The maximum Gasteiger partial charge on any atom is 0.200 e. The highest BCUT2D eigenvalue weighted by Crippen LogP contribution is 2.06. The molecule has 0 aliphatic carbocycles. The summed E-state index contributed by atoms with van der Waals surface area (Å²) in [6.45, 7) is 4.18. The molecule has 2 aromatic rings. The minimum Gasteiger partial charge on any atom is -0.327 e. The van der Waals surface area contributed by atoms with Crippen molar-refractivity contribution >= 4 is 5.78 Å². The highest BCUT2D eigenvalue weighted by Gasteiger charge is 2.09. The van der Waals surface area contributed by atoms with Crippen LogP contribution in [0.1, 0.15) is 21.9 Å². The third-order valence-electron chi connectivity index (χ3n) is 2.61. The number of rotatable bonds is 3. The average Bonchev–Trinajstić information content (AvgIpc) is 2.62. The number of aryl methyl sites for hydroxylation is 1. The molecule has 2 rings (SSSR count). The fourth-order valence-electron chi connectivity index (χ4n) is 1.47. The first kappa shape index (κ1) is 10.5. The summed E-state index contributed by atoms with van der Waals surface area (Å²) >= 11 is 0. The van der Waals surface area contributed by atoms with Crippen LogP contribution in [0.5, 0.6) is 0 Å². The van der Waals surface area contributed by atoms with Crippen LogP contribution in [0, 0.1) is 13.8 Å². The fourth-order valence-corrected chi connectivity index (χ4v) is 1.47. The van der Waals surface area contributed by atoms with Crippen LogP contribution in [0.3, 0.4) is 0 Å². The van der Waals surface area contributed by atoms with Gasteiger partial charge in [-0.2, -0.15) is 0 Å². The zero-order valence-electron chi connectivity index (χ0n) is 9.34. The number of hydrogen-bond donors (Lipinski definition) is 0. The van der Waals surface area contributed by atoms with Gasteiger partial charge in [-0.1, -0.05) is 6.07 Å². The molecule has 0 N–H and O–H groups in total. The lowest BCUT2D eigenvalue weighted by atomic mass is 10.2. The molecule has 0 fully saturated rings. The van der Waals surface area contributed by atoms with Gasteiger partial charge in [-0.15, -0.1) is 0 Å². The predicted molar refractivity (Wildman–Crippen MR) is 60.3 cm³/mol. The van der Waals surface area contributed by atoms with Gasteiger partial charge in [0.1, 0.15) is 5.69 Å². The molecule has 0 saturated carbocycles. The van der Waals surface area contributed by atoms with E-state index in [1.807, 2.05) is 24.5 Å². The number of hydrogen-bond acceptors (Lipinski definition) is 3. The van der Waals surface area contributed by atoms with Gasteiger partial charge in [0.25, 0.3) is 0 Å².